The molecule has 4 aromatic rings. The van der Waals surface area contributed by atoms with Gasteiger partial charge in [0.25, 0.3) is 5.56 Å². The van der Waals surface area contributed by atoms with Crippen LogP contribution in [0.15, 0.2) is 59.4 Å². The third-order valence-electron chi connectivity index (χ3n) is 5.50. The molecule has 0 saturated carbocycles. The highest BCUT2D eigenvalue weighted by Gasteiger charge is 2.22. The molecule has 5 rings (SSSR count). The highest BCUT2D eigenvalue weighted by molar-refractivity contribution is 7.18. The molecule has 0 radical (unpaired) electrons. The number of nitrogens with zero attached hydrogens (tertiary/aromatic N) is 2. The molecule has 0 aliphatic heterocycles. The van der Waals surface area contributed by atoms with Crippen molar-refractivity contribution < 1.29 is 4.74 Å². The number of aromatic nitrogens is 2. The van der Waals surface area contributed by atoms with Gasteiger partial charge < -0.3 is 4.74 Å². The molecular weight excluding hydrogens is 416 g/mol. The summed E-state index contributed by atoms with van der Waals surface area (Å²) in [6.07, 6.45) is 4.35. The predicted molar refractivity (Wildman–Crippen MR) is 123 cm³/mol. The smallest absolute Gasteiger partial charge is 0.262 e. The van der Waals surface area contributed by atoms with Crippen molar-refractivity contribution in [3.63, 3.8) is 0 Å². The SMILES string of the molecule is O=c1c2c3c(sc2nc(-c2ccccc2)n1CCOc1ccc(Cl)cc1)CCCC3. The van der Waals surface area contributed by atoms with E-state index >= 15 is 0 Å². The Morgan fingerprint density at radius 3 is 2.60 bits per heavy atom. The molecule has 0 fully saturated rings. The van der Waals surface area contributed by atoms with Gasteiger partial charge in [0.05, 0.1) is 11.9 Å². The molecule has 0 atom stereocenters. The lowest BCUT2D eigenvalue weighted by atomic mass is 9.97. The fourth-order valence-electron chi connectivity index (χ4n) is 4.04. The Morgan fingerprint density at radius 2 is 1.80 bits per heavy atom. The molecule has 0 N–H and O–H groups in total. The number of hydrogen-bond donors (Lipinski definition) is 0. The summed E-state index contributed by atoms with van der Waals surface area (Å²) < 4.78 is 7.65. The van der Waals surface area contributed by atoms with E-state index in [1.807, 2.05) is 42.5 Å². The second-order valence-electron chi connectivity index (χ2n) is 7.45. The van der Waals surface area contributed by atoms with Crippen molar-refractivity contribution in [1.82, 2.24) is 9.55 Å². The van der Waals surface area contributed by atoms with Crippen LogP contribution in [0.3, 0.4) is 0 Å². The average Bonchev–Trinajstić information content (AvgIpc) is 3.16. The van der Waals surface area contributed by atoms with Gasteiger partial charge in [0, 0.05) is 15.5 Å². The molecule has 2 aromatic heterocycles. The van der Waals surface area contributed by atoms with Gasteiger partial charge in [0.2, 0.25) is 0 Å². The van der Waals surface area contributed by atoms with Gasteiger partial charge in [-0.25, -0.2) is 4.98 Å². The summed E-state index contributed by atoms with van der Waals surface area (Å²) in [6, 6.07) is 17.2. The van der Waals surface area contributed by atoms with E-state index in [-0.39, 0.29) is 5.56 Å². The summed E-state index contributed by atoms with van der Waals surface area (Å²) in [7, 11) is 0. The Bertz CT molecular complexity index is 1250. The molecule has 2 aromatic carbocycles. The van der Waals surface area contributed by atoms with E-state index < -0.39 is 0 Å². The van der Waals surface area contributed by atoms with Crippen LogP contribution in [-0.4, -0.2) is 16.2 Å². The third kappa shape index (κ3) is 3.64. The topological polar surface area (TPSA) is 44.1 Å². The molecule has 1 aliphatic rings. The van der Waals surface area contributed by atoms with Gasteiger partial charge in [0.1, 0.15) is 23.0 Å². The van der Waals surface area contributed by atoms with E-state index in [0.29, 0.717) is 24.0 Å². The molecule has 0 amide bonds. The lowest BCUT2D eigenvalue weighted by molar-refractivity contribution is 0.297. The van der Waals surface area contributed by atoms with Crippen molar-refractivity contribution in [2.45, 2.75) is 32.2 Å². The lowest BCUT2D eigenvalue weighted by Gasteiger charge is -2.14. The zero-order valence-electron chi connectivity index (χ0n) is 16.4. The van der Waals surface area contributed by atoms with Gasteiger partial charge in [-0.15, -0.1) is 11.3 Å². The van der Waals surface area contributed by atoms with Gasteiger partial charge in [-0.3, -0.25) is 9.36 Å². The van der Waals surface area contributed by atoms with E-state index in [4.69, 9.17) is 21.3 Å². The summed E-state index contributed by atoms with van der Waals surface area (Å²) in [5.41, 5.74) is 2.19. The zero-order chi connectivity index (χ0) is 20.5. The van der Waals surface area contributed by atoms with E-state index in [9.17, 15) is 4.79 Å². The Balaban J connectivity index is 1.56. The Morgan fingerprint density at radius 1 is 1.03 bits per heavy atom. The lowest BCUT2D eigenvalue weighted by Crippen LogP contribution is -2.26. The summed E-state index contributed by atoms with van der Waals surface area (Å²) in [5, 5.41) is 1.47. The van der Waals surface area contributed by atoms with E-state index in [1.165, 1.54) is 16.9 Å². The summed E-state index contributed by atoms with van der Waals surface area (Å²) in [6.45, 7) is 0.806. The predicted octanol–water partition coefficient (Wildman–Crippen LogP) is 5.74. The number of hydrogen-bond acceptors (Lipinski definition) is 4. The second kappa shape index (κ2) is 8.25. The Labute approximate surface area is 183 Å². The minimum absolute atomic E-state index is 0.0398. The van der Waals surface area contributed by atoms with Crippen LogP contribution < -0.4 is 10.3 Å². The first kappa shape index (κ1) is 19.3. The Hall–Kier alpha value is -2.63. The molecule has 30 heavy (non-hydrogen) atoms. The van der Waals surface area contributed by atoms with Crippen molar-refractivity contribution in [3.05, 3.63) is 80.4 Å². The number of ether oxygens (including phenoxy) is 1. The van der Waals surface area contributed by atoms with Gasteiger partial charge in [-0.05, 0) is 55.5 Å². The molecule has 0 spiro atoms. The van der Waals surface area contributed by atoms with E-state index in [2.05, 4.69) is 0 Å². The van der Waals surface area contributed by atoms with Gasteiger partial charge in [-0.1, -0.05) is 41.9 Å². The quantitative estimate of drug-likeness (QED) is 0.401. The largest absolute Gasteiger partial charge is 0.492 e. The molecule has 2 heterocycles. The fourth-order valence-corrected chi connectivity index (χ4v) is 5.42. The average molecular weight is 437 g/mol. The fraction of sp³-hybridized carbons (Fsp3) is 0.250. The molecular formula is C24H21ClN2O2S. The number of aryl methyl sites for hydroxylation is 2. The van der Waals surface area contributed by atoms with Crippen molar-refractivity contribution in [3.8, 4) is 17.1 Å². The normalized spacial score (nSPS) is 13.4. The van der Waals surface area contributed by atoms with Crippen molar-refractivity contribution >= 4 is 33.2 Å². The van der Waals surface area contributed by atoms with Gasteiger partial charge >= 0.3 is 0 Å². The van der Waals surface area contributed by atoms with Crippen LogP contribution in [0, 0.1) is 0 Å². The highest BCUT2D eigenvalue weighted by Crippen LogP contribution is 2.34. The molecule has 0 bridgehead atoms. The minimum atomic E-state index is 0.0398. The first-order valence-corrected chi connectivity index (χ1v) is 11.4. The minimum Gasteiger partial charge on any atom is -0.492 e. The first-order valence-electron chi connectivity index (χ1n) is 10.2. The molecule has 0 saturated heterocycles. The van der Waals surface area contributed by atoms with Crippen LogP contribution in [0.2, 0.25) is 5.02 Å². The maximum absolute atomic E-state index is 13.6. The van der Waals surface area contributed by atoms with Gasteiger partial charge in [-0.2, -0.15) is 0 Å². The summed E-state index contributed by atoms with van der Waals surface area (Å²) >= 11 is 7.63. The Kier molecular flexibility index (Phi) is 5.32. The van der Waals surface area contributed by atoms with Crippen LogP contribution in [-0.2, 0) is 19.4 Å². The third-order valence-corrected chi connectivity index (χ3v) is 6.94. The van der Waals surface area contributed by atoms with Crippen molar-refractivity contribution in [2.24, 2.45) is 0 Å². The molecule has 6 heteroatoms. The van der Waals surface area contributed by atoms with E-state index in [0.717, 1.165) is 40.8 Å². The van der Waals surface area contributed by atoms with Crippen LogP contribution >= 0.6 is 22.9 Å². The first-order chi connectivity index (χ1) is 14.7. The number of benzene rings is 2. The monoisotopic (exact) mass is 436 g/mol. The van der Waals surface area contributed by atoms with Gasteiger partial charge in [0.15, 0.2) is 0 Å². The summed E-state index contributed by atoms with van der Waals surface area (Å²) in [5.74, 6) is 1.43. The highest BCUT2D eigenvalue weighted by atomic mass is 35.5. The maximum atomic E-state index is 13.6. The van der Waals surface area contributed by atoms with Crippen LogP contribution in [0.5, 0.6) is 5.75 Å². The zero-order valence-corrected chi connectivity index (χ0v) is 18.0. The number of halogens is 1. The summed E-state index contributed by atoms with van der Waals surface area (Å²) in [4.78, 5) is 20.7. The second-order valence-corrected chi connectivity index (χ2v) is 8.97. The molecule has 4 nitrogen and oxygen atoms in total. The van der Waals surface area contributed by atoms with Crippen molar-refractivity contribution in [1.29, 1.82) is 0 Å². The van der Waals surface area contributed by atoms with E-state index in [1.54, 1.807) is 28.0 Å². The molecule has 152 valence electrons. The molecule has 0 unspecified atom stereocenters. The van der Waals surface area contributed by atoms with Crippen LogP contribution in [0.1, 0.15) is 23.3 Å². The van der Waals surface area contributed by atoms with Crippen molar-refractivity contribution in [2.75, 3.05) is 6.61 Å². The van der Waals surface area contributed by atoms with Crippen LogP contribution in [0.4, 0.5) is 0 Å². The number of rotatable bonds is 5. The number of thiophene rings is 1. The maximum Gasteiger partial charge on any atom is 0.262 e. The number of fused-ring (bicyclic) bond motifs is 3. The molecule has 1 aliphatic carbocycles. The standard InChI is InChI=1S/C24H21ClN2O2S/c25-17-10-12-18(13-11-17)29-15-14-27-22(16-6-2-1-3-7-16)26-23-21(24(27)28)19-8-4-5-9-20(19)30-23/h1-3,6-7,10-13H,4-5,8-9,14-15H2. The van der Waals surface area contributed by atoms with Crippen LogP contribution in [0.25, 0.3) is 21.6 Å².